The maximum atomic E-state index is 4.70. The summed E-state index contributed by atoms with van der Waals surface area (Å²) >= 11 is 4.70. The Kier molecular flexibility index (Phi) is 6.08. The van der Waals surface area contributed by atoms with Gasteiger partial charge in [-0.05, 0) is 68.2 Å². The van der Waals surface area contributed by atoms with Gasteiger partial charge in [-0.1, -0.05) is 33.1 Å². The quantitative estimate of drug-likeness (QED) is 0.737. The van der Waals surface area contributed by atoms with Crippen molar-refractivity contribution in [1.29, 1.82) is 0 Å². The summed E-state index contributed by atoms with van der Waals surface area (Å²) in [6.07, 6.45) is 11.4. The highest BCUT2D eigenvalue weighted by Gasteiger charge is 2.33. The second kappa shape index (κ2) is 7.36. The molecule has 1 nitrogen and oxygen atoms in total. The van der Waals surface area contributed by atoms with Gasteiger partial charge in [0.1, 0.15) is 0 Å². The topological polar surface area (TPSA) is 3.24 Å². The van der Waals surface area contributed by atoms with Crippen LogP contribution in [-0.2, 0) is 0 Å². The molecule has 0 aromatic carbocycles. The van der Waals surface area contributed by atoms with Crippen molar-refractivity contribution in [2.45, 2.75) is 65.2 Å². The monoisotopic (exact) mass is 283 g/mol. The molecule has 1 saturated carbocycles. The number of hydrogen-bond donors (Lipinski definition) is 1. The number of rotatable bonds is 4. The maximum Gasteiger partial charge on any atom is 0.00458 e. The van der Waals surface area contributed by atoms with Crippen LogP contribution in [-0.4, -0.2) is 30.3 Å². The predicted molar refractivity (Wildman–Crippen MR) is 88.0 cm³/mol. The molecule has 0 radical (unpaired) electrons. The first-order valence-electron chi connectivity index (χ1n) is 8.48. The highest BCUT2D eigenvalue weighted by atomic mass is 32.1. The third kappa shape index (κ3) is 4.39. The average molecular weight is 284 g/mol. The van der Waals surface area contributed by atoms with Crippen LogP contribution in [0.1, 0.15) is 65.2 Å². The van der Waals surface area contributed by atoms with Gasteiger partial charge in [0, 0.05) is 6.54 Å². The molecule has 1 unspecified atom stereocenters. The minimum atomic E-state index is 0.541. The van der Waals surface area contributed by atoms with Crippen LogP contribution in [0.4, 0.5) is 0 Å². The van der Waals surface area contributed by atoms with Crippen molar-refractivity contribution in [2.24, 2.45) is 17.3 Å². The summed E-state index contributed by atoms with van der Waals surface area (Å²) in [5, 5.41) is 0. The van der Waals surface area contributed by atoms with Crippen LogP contribution in [0.15, 0.2) is 0 Å². The van der Waals surface area contributed by atoms with E-state index in [1.54, 1.807) is 0 Å². The van der Waals surface area contributed by atoms with Gasteiger partial charge in [-0.25, -0.2) is 0 Å². The van der Waals surface area contributed by atoms with E-state index in [0.29, 0.717) is 5.41 Å². The fraction of sp³-hybridized carbons (Fsp3) is 1.00. The Morgan fingerprint density at radius 1 is 1.05 bits per heavy atom. The number of nitrogens with zero attached hydrogens (tertiary/aromatic N) is 1. The summed E-state index contributed by atoms with van der Waals surface area (Å²) < 4.78 is 0. The number of likely N-dealkylation sites (tertiary alicyclic amines) is 1. The van der Waals surface area contributed by atoms with Crippen molar-refractivity contribution in [1.82, 2.24) is 4.90 Å². The summed E-state index contributed by atoms with van der Waals surface area (Å²) in [6, 6.07) is 0. The molecular formula is C17H33NS. The summed E-state index contributed by atoms with van der Waals surface area (Å²) in [5.74, 6) is 2.92. The Balaban J connectivity index is 1.87. The van der Waals surface area contributed by atoms with Gasteiger partial charge in [0.2, 0.25) is 0 Å². The third-order valence-corrected chi connectivity index (χ3v) is 6.29. The van der Waals surface area contributed by atoms with Crippen LogP contribution in [0.5, 0.6) is 0 Å². The molecule has 1 saturated heterocycles. The van der Waals surface area contributed by atoms with E-state index in [-0.39, 0.29) is 0 Å². The maximum absolute atomic E-state index is 4.70. The van der Waals surface area contributed by atoms with Crippen LogP contribution >= 0.6 is 12.6 Å². The molecule has 1 atom stereocenters. The lowest BCUT2D eigenvalue weighted by Crippen LogP contribution is -2.41. The van der Waals surface area contributed by atoms with Gasteiger partial charge >= 0.3 is 0 Å². The summed E-state index contributed by atoms with van der Waals surface area (Å²) in [5.41, 5.74) is 0.541. The predicted octanol–water partition coefficient (Wildman–Crippen LogP) is 4.62. The van der Waals surface area contributed by atoms with E-state index in [1.165, 1.54) is 71.0 Å². The van der Waals surface area contributed by atoms with Gasteiger partial charge in [-0.2, -0.15) is 12.6 Å². The van der Waals surface area contributed by atoms with Crippen molar-refractivity contribution in [2.75, 3.05) is 25.4 Å². The lowest BCUT2D eigenvalue weighted by atomic mass is 9.75. The molecule has 1 aliphatic carbocycles. The Bertz CT molecular complexity index is 258. The fourth-order valence-corrected chi connectivity index (χ4v) is 4.56. The van der Waals surface area contributed by atoms with E-state index in [2.05, 4.69) is 18.7 Å². The lowest BCUT2D eigenvalue weighted by Gasteiger charge is -2.40. The summed E-state index contributed by atoms with van der Waals surface area (Å²) in [6.45, 7) is 8.78. The SMILES string of the molecule is CC(C)C1CCCN(CC2(CS)CCCCC2)CC1. The van der Waals surface area contributed by atoms with E-state index in [4.69, 9.17) is 12.6 Å². The molecule has 2 fully saturated rings. The Labute approximate surface area is 125 Å². The lowest BCUT2D eigenvalue weighted by molar-refractivity contribution is 0.127. The molecule has 0 aromatic rings. The molecule has 19 heavy (non-hydrogen) atoms. The molecule has 0 spiro atoms. The van der Waals surface area contributed by atoms with Crippen LogP contribution in [0.2, 0.25) is 0 Å². The molecule has 1 aliphatic heterocycles. The number of hydrogen-bond acceptors (Lipinski definition) is 2. The normalized spacial score (nSPS) is 29.4. The van der Waals surface area contributed by atoms with Gasteiger partial charge in [-0.3, -0.25) is 0 Å². The molecule has 0 amide bonds. The van der Waals surface area contributed by atoms with Crippen LogP contribution in [0.25, 0.3) is 0 Å². The zero-order valence-electron chi connectivity index (χ0n) is 13.0. The van der Waals surface area contributed by atoms with Crippen LogP contribution in [0.3, 0.4) is 0 Å². The van der Waals surface area contributed by atoms with E-state index in [1.807, 2.05) is 0 Å². The van der Waals surface area contributed by atoms with Gasteiger partial charge in [0.05, 0.1) is 0 Å². The molecule has 0 N–H and O–H groups in total. The standard InChI is InChI=1S/C17H33NS/c1-15(2)16-7-6-11-18(12-8-16)13-17(14-19)9-4-3-5-10-17/h15-16,19H,3-14H2,1-2H3. The minimum Gasteiger partial charge on any atom is -0.303 e. The van der Waals surface area contributed by atoms with E-state index >= 15 is 0 Å². The molecule has 2 heteroatoms. The average Bonchev–Trinajstić information content (AvgIpc) is 2.65. The number of thiol groups is 1. The molecule has 2 rings (SSSR count). The third-order valence-electron chi connectivity index (χ3n) is 5.62. The smallest absolute Gasteiger partial charge is 0.00458 e. The van der Waals surface area contributed by atoms with Gasteiger partial charge < -0.3 is 4.90 Å². The molecule has 0 bridgehead atoms. The molecule has 1 heterocycles. The first-order chi connectivity index (χ1) is 9.15. The van der Waals surface area contributed by atoms with Crippen LogP contribution < -0.4 is 0 Å². The fourth-order valence-electron chi connectivity index (χ4n) is 4.15. The first-order valence-corrected chi connectivity index (χ1v) is 9.12. The molecule has 0 aromatic heterocycles. The summed E-state index contributed by atoms with van der Waals surface area (Å²) in [7, 11) is 0. The van der Waals surface area contributed by atoms with Crippen molar-refractivity contribution in [3.8, 4) is 0 Å². The van der Waals surface area contributed by atoms with E-state index in [0.717, 1.165) is 17.6 Å². The first kappa shape index (κ1) is 15.7. The van der Waals surface area contributed by atoms with Gasteiger partial charge in [0.15, 0.2) is 0 Å². The van der Waals surface area contributed by atoms with E-state index < -0.39 is 0 Å². The van der Waals surface area contributed by atoms with Crippen molar-refractivity contribution < 1.29 is 0 Å². The zero-order chi connectivity index (χ0) is 13.7. The van der Waals surface area contributed by atoms with Crippen molar-refractivity contribution in [3.63, 3.8) is 0 Å². The van der Waals surface area contributed by atoms with Crippen molar-refractivity contribution >= 4 is 12.6 Å². The Hall–Kier alpha value is 0.310. The van der Waals surface area contributed by atoms with E-state index in [9.17, 15) is 0 Å². The largest absolute Gasteiger partial charge is 0.303 e. The Morgan fingerprint density at radius 2 is 1.79 bits per heavy atom. The Morgan fingerprint density at radius 3 is 2.42 bits per heavy atom. The second-order valence-electron chi connectivity index (χ2n) is 7.43. The molecule has 2 aliphatic rings. The second-order valence-corrected chi connectivity index (χ2v) is 7.75. The zero-order valence-corrected chi connectivity index (χ0v) is 13.9. The molecular weight excluding hydrogens is 250 g/mol. The highest BCUT2D eigenvalue weighted by Crippen LogP contribution is 2.38. The molecule has 112 valence electrons. The summed E-state index contributed by atoms with van der Waals surface area (Å²) in [4.78, 5) is 2.77. The highest BCUT2D eigenvalue weighted by molar-refractivity contribution is 7.80. The van der Waals surface area contributed by atoms with Crippen molar-refractivity contribution in [3.05, 3.63) is 0 Å². The van der Waals surface area contributed by atoms with Gasteiger partial charge in [-0.15, -0.1) is 0 Å². The minimum absolute atomic E-state index is 0.541. The van der Waals surface area contributed by atoms with Gasteiger partial charge in [0.25, 0.3) is 0 Å². The van der Waals surface area contributed by atoms with Crippen LogP contribution in [0, 0.1) is 17.3 Å².